The fourth-order valence-electron chi connectivity index (χ4n) is 2.94. The van der Waals surface area contributed by atoms with Crippen molar-refractivity contribution < 1.29 is 9.90 Å². The van der Waals surface area contributed by atoms with Crippen LogP contribution in [-0.2, 0) is 4.79 Å². The smallest absolute Gasteiger partial charge is 0.250 e. The summed E-state index contributed by atoms with van der Waals surface area (Å²) in [6.45, 7) is 0. The molecule has 11 heteroatoms. The number of carbonyl (C=O) groups excluding carboxylic acids is 1. The van der Waals surface area contributed by atoms with Crippen molar-refractivity contribution in [2.75, 3.05) is 5.75 Å². The Labute approximate surface area is 217 Å². The number of aromatic hydroxyl groups is 1. The highest BCUT2D eigenvalue weighted by atomic mass is 79.9. The first-order chi connectivity index (χ1) is 16.4. The van der Waals surface area contributed by atoms with E-state index in [2.05, 4.69) is 36.7 Å². The van der Waals surface area contributed by atoms with Crippen LogP contribution in [0.25, 0.3) is 17.1 Å². The van der Waals surface area contributed by atoms with Gasteiger partial charge in [0.05, 0.1) is 12.0 Å². The first kappa shape index (κ1) is 24.3. The number of carbonyl (C=O) groups is 1. The number of aromatic nitrogens is 3. The molecular formula is C23H16BrCl2N5O2S. The van der Waals surface area contributed by atoms with E-state index in [1.165, 1.54) is 24.0 Å². The highest BCUT2D eigenvalue weighted by molar-refractivity contribution is 9.10. The van der Waals surface area contributed by atoms with E-state index in [1.807, 2.05) is 28.8 Å². The number of rotatable bonds is 7. The number of halogens is 3. The molecule has 0 saturated carbocycles. The van der Waals surface area contributed by atoms with Crippen molar-refractivity contribution in [2.45, 2.75) is 5.16 Å². The molecule has 2 N–H and O–H groups in total. The Hall–Kier alpha value is -2.85. The van der Waals surface area contributed by atoms with E-state index in [4.69, 9.17) is 23.2 Å². The zero-order valence-corrected chi connectivity index (χ0v) is 21.2. The minimum absolute atomic E-state index is 0.0497. The molecule has 0 bridgehead atoms. The topological polar surface area (TPSA) is 92.4 Å². The number of nitrogens with zero attached hydrogens (tertiary/aromatic N) is 4. The molecule has 4 aromatic rings. The monoisotopic (exact) mass is 575 g/mol. The molecule has 0 aliphatic heterocycles. The van der Waals surface area contributed by atoms with Crippen LogP contribution in [0.15, 0.2) is 81.5 Å². The van der Waals surface area contributed by atoms with Gasteiger partial charge in [0, 0.05) is 31.3 Å². The number of amides is 1. The molecule has 34 heavy (non-hydrogen) atoms. The summed E-state index contributed by atoms with van der Waals surface area (Å²) in [6.07, 6.45) is 1.37. The van der Waals surface area contributed by atoms with Crippen molar-refractivity contribution in [1.82, 2.24) is 20.2 Å². The van der Waals surface area contributed by atoms with Gasteiger partial charge >= 0.3 is 0 Å². The number of phenols is 1. The van der Waals surface area contributed by atoms with E-state index < -0.39 is 0 Å². The van der Waals surface area contributed by atoms with Crippen molar-refractivity contribution in [2.24, 2.45) is 5.10 Å². The first-order valence-corrected chi connectivity index (χ1v) is 12.3. The number of benzene rings is 3. The molecule has 7 nitrogen and oxygen atoms in total. The normalized spacial score (nSPS) is 11.1. The van der Waals surface area contributed by atoms with Crippen LogP contribution in [0.4, 0.5) is 0 Å². The predicted molar refractivity (Wildman–Crippen MR) is 139 cm³/mol. The Morgan fingerprint density at radius 2 is 1.74 bits per heavy atom. The van der Waals surface area contributed by atoms with Crippen LogP contribution in [-0.4, -0.2) is 37.7 Å². The number of hydrogen-bond donors (Lipinski definition) is 2. The zero-order valence-electron chi connectivity index (χ0n) is 17.3. The van der Waals surface area contributed by atoms with E-state index in [1.54, 1.807) is 36.4 Å². The fourth-order valence-corrected chi connectivity index (χ4v) is 4.31. The molecule has 1 aromatic heterocycles. The fraction of sp³-hybridized carbons (Fsp3) is 0.0435. The van der Waals surface area contributed by atoms with Crippen LogP contribution in [0.1, 0.15) is 5.56 Å². The SMILES string of the molecule is O=C(CSc1nnc(-c2ccc(Cl)cc2)n1-c1ccc(Cl)cc1)N/N=C/c1cc(Br)ccc1O. The van der Waals surface area contributed by atoms with Gasteiger partial charge in [-0.1, -0.05) is 50.9 Å². The van der Waals surface area contributed by atoms with Crippen LogP contribution >= 0.6 is 50.9 Å². The van der Waals surface area contributed by atoms with Gasteiger partial charge in [-0.15, -0.1) is 10.2 Å². The minimum atomic E-state index is -0.338. The summed E-state index contributed by atoms with van der Waals surface area (Å²) in [4.78, 5) is 12.4. The highest BCUT2D eigenvalue weighted by Crippen LogP contribution is 2.29. The molecule has 0 unspecified atom stereocenters. The van der Waals surface area contributed by atoms with Crippen LogP contribution in [0.5, 0.6) is 5.75 Å². The molecule has 1 amide bonds. The van der Waals surface area contributed by atoms with Crippen molar-refractivity contribution in [3.8, 4) is 22.8 Å². The molecule has 0 saturated heterocycles. The molecule has 0 radical (unpaired) electrons. The van der Waals surface area contributed by atoms with Gasteiger partial charge in [0.15, 0.2) is 11.0 Å². The van der Waals surface area contributed by atoms with Gasteiger partial charge in [0.1, 0.15) is 5.75 Å². The third-order valence-electron chi connectivity index (χ3n) is 4.54. The second-order valence-corrected chi connectivity index (χ2v) is 9.64. The lowest BCUT2D eigenvalue weighted by atomic mass is 10.2. The third-order valence-corrected chi connectivity index (χ3v) is 6.46. The van der Waals surface area contributed by atoms with Crippen LogP contribution in [0.2, 0.25) is 10.0 Å². The van der Waals surface area contributed by atoms with Gasteiger partial charge in [-0.2, -0.15) is 5.10 Å². The maximum absolute atomic E-state index is 12.4. The number of hydrazone groups is 1. The summed E-state index contributed by atoms with van der Waals surface area (Å²) < 4.78 is 2.63. The second kappa shape index (κ2) is 11.1. The second-order valence-electron chi connectivity index (χ2n) is 6.91. The van der Waals surface area contributed by atoms with Gasteiger partial charge in [0.25, 0.3) is 5.91 Å². The summed E-state index contributed by atoms with van der Waals surface area (Å²) in [5.41, 5.74) is 4.54. The number of nitrogens with one attached hydrogen (secondary N) is 1. The quantitative estimate of drug-likeness (QED) is 0.161. The van der Waals surface area contributed by atoms with Crippen LogP contribution < -0.4 is 5.43 Å². The highest BCUT2D eigenvalue weighted by Gasteiger charge is 2.17. The molecule has 0 fully saturated rings. The average molecular weight is 577 g/mol. The van der Waals surface area contributed by atoms with Crippen molar-refractivity contribution in [3.05, 3.63) is 86.8 Å². The lowest BCUT2D eigenvalue weighted by molar-refractivity contribution is -0.118. The summed E-state index contributed by atoms with van der Waals surface area (Å²) in [7, 11) is 0. The van der Waals surface area contributed by atoms with Gasteiger partial charge in [-0.25, -0.2) is 5.43 Å². The Morgan fingerprint density at radius 1 is 1.06 bits per heavy atom. The minimum Gasteiger partial charge on any atom is -0.507 e. The number of thioether (sulfide) groups is 1. The molecule has 0 atom stereocenters. The van der Waals surface area contributed by atoms with E-state index >= 15 is 0 Å². The van der Waals surface area contributed by atoms with E-state index in [0.717, 1.165) is 15.7 Å². The van der Waals surface area contributed by atoms with Gasteiger partial charge in [0.2, 0.25) is 0 Å². The predicted octanol–water partition coefficient (Wildman–Crippen LogP) is 5.95. The summed E-state index contributed by atoms with van der Waals surface area (Å²) in [5.74, 6) is 0.370. The Kier molecular flexibility index (Phi) is 7.89. The van der Waals surface area contributed by atoms with Crippen molar-refractivity contribution in [3.63, 3.8) is 0 Å². The zero-order chi connectivity index (χ0) is 24.1. The third kappa shape index (κ3) is 5.98. The molecule has 4 rings (SSSR count). The van der Waals surface area contributed by atoms with Gasteiger partial charge < -0.3 is 5.11 Å². The molecule has 0 spiro atoms. The average Bonchev–Trinajstić information content (AvgIpc) is 3.25. The summed E-state index contributed by atoms with van der Waals surface area (Å²) in [5, 5.41) is 24.1. The van der Waals surface area contributed by atoms with Gasteiger partial charge in [-0.05, 0) is 66.7 Å². The lowest BCUT2D eigenvalue weighted by Gasteiger charge is -2.10. The molecule has 3 aromatic carbocycles. The molecule has 172 valence electrons. The van der Waals surface area contributed by atoms with E-state index in [9.17, 15) is 9.90 Å². The van der Waals surface area contributed by atoms with Crippen LogP contribution in [0.3, 0.4) is 0 Å². The van der Waals surface area contributed by atoms with Crippen molar-refractivity contribution in [1.29, 1.82) is 0 Å². The summed E-state index contributed by atoms with van der Waals surface area (Å²) in [6, 6.07) is 19.4. The van der Waals surface area contributed by atoms with E-state index in [0.29, 0.717) is 26.6 Å². The maximum atomic E-state index is 12.4. The molecule has 0 aliphatic carbocycles. The Balaban J connectivity index is 1.51. The molecule has 1 heterocycles. The largest absolute Gasteiger partial charge is 0.507 e. The standard InChI is InChI=1S/C23H16BrCl2N5O2S/c24-16-3-10-20(32)15(11-16)12-27-28-21(33)13-34-23-30-29-22(14-1-4-17(25)5-2-14)31(23)19-8-6-18(26)7-9-19/h1-12,32H,13H2,(H,28,33)/b27-12+. The summed E-state index contributed by atoms with van der Waals surface area (Å²) >= 11 is 16.6. The Bertz CT molecular complexity index is 1340. The number of hydrogen-bond acceptors (Lipinski definition) is 6. The molecular weight excluding hydrogens is 561 g/mol. The van der Waals surface area contributed by atoms with E-state index in [-0.39, 0.29) is 17.4 Å². The Morgan fingerprint density at radius 3 is 2.44 bits per heavy atom. The van der Waals surface area contributed by atoms with Crippen LogP contribution in [0, 0.1) is 0 Å². The van der Waals surface area contributed by atoms with Gasteiger partial charge in [-0.3, -0.25) is 9.36 Å². The first-order valence-electron chi connectivity index (χ1n) is 9.81. The molecule has 0 aliphatic rings. The number of phenolic OH excluding ortho intramolecular Hbond substituents is 1. The maximum Gasteiger partial charge on any atom is 0.250 e. The van der Waals surface area contributed by atoms with Crippen molar-refractivity contribution >= 4 is 63.0 Å². The lowest BCUT2D eigenvalue weighted by Crippen LogP contribution is -2.20.